The molecular weight excluding hydrogens is 208 g/mol. The second kappa shape index (κ2) is 3.41. The Labute approximate surface area is 91.4 Å². The molecule has 0 radical (unpaired) electrons. The minimum Gasteiger partial charge on any atom is -0.504 e. The van der Waals surface area contributed by atoms with Crippen molar-refractivity contribution in [3.05, 3.63) is 35.4 Å². The molecule has 0 saturated heterocycles. The normalized spacial score (nSPS) is 10.6. The van der Waals surface area contributed by atoms with Crippen LogP contribution in [0.1, 0.15) is 15.9 Å². The molecule has 2 aromatic rings. The van der Waals surface area contributed by atoms with Crippen molar-refractivity contribution >= 4 is 16.7 Å². The topological polar surface area (TPSA) is 77.8 Å². The number of benzene rings is 2. The number of carbonyl (C=O) groups is 1. The average molecular weight is 218 g/mol. The number of aryl methyl sites for hydroxylation is 1. The van der Waals surface area contributed by atoms with Crippen LogP contribution in [0.3, 0.4) is 0 Å². The molecule has 16 heavy (non-hydrogen) atoms. The van der Waals surface area contributed by atoms with E-state index in [2.05, 4.69) is 0 Å². The Morgan fingerprint density at radius 2 is 1.50 bits per heavy atom. The van der Waals surface area contributed by atoms with E-state index in [0.29, 0.717) is 16.3 Å². The SMILES string of the molecule is Cc1cc2cc(O)c(O)cc2cc1C(=O)O. The zero-order valence-corrected chi connectivity index (χ0v) is 8.56. The first-order valence-corrected chi connectivity index (χ1v) is 4.68. The summed E-state index contributed by atoms with van der Waals surface area (Å²) in [5.74, 6) is -1.48. The summed E-state index contributed by atoms with van der Waals surface area (Å²) < 4.78 is 0. The summed E-state index contributed by atoms with van der Waals surface area (Å²) in [6.45, 7) is 1.69. The van der Waals surface area contributed by atoms with E-state index < -0.39 is 5.97 Å². The van der Waals surface area contributed by atoms with Crippen molar-refractivity contribution < 1.29 is 20.1 Å². The van der Waals surface area contributed by atoms with Crippen LogP contribution in [-0.4, -0.2) is 21.3 Å². The van der Waals surface area contributed by atoms with Gasteiger partial charge in [-0.15, -0.1) is 0 Å². The van der Waals surface area contributed by atoms with Crippen molar-refractivity contribution in [3.8, 4) is 11.5 Å². The predicted octanol–water partition coefficient (Wildman–Crippen LogP) is 2.26. The van der Waals surface area contributed by atoms with Crippen LogP contribution in [0.15, 0.2) is 24.3 Å². The van der Waals surface area contributed by atoms with Crippen molar-refractivity contribution in [2.24, 2.45) is 0 Å². The summed E-state index contributed by atoms with van der Waals surface area (Å²) in [4.78, 5) is 10.9. The second-order valence-corrected chi connectivity index (χ2v) is 3.66. The van der Waals surface area contributed by atoms with Crippen LogP contribution >= 0.6 is 0 Å². The minimum atomic E-state index is -1.01. The third-order valence-electron chi connectivity index (χ3n) is 2.51. The number of phenols is 2. The molecule has 4 heteroatoms. The monoisotopic (exact) mass is 218 g/mol. The molecule has 0 aliphatic heterocycles. The summed E-state index contributed by atoms with van der Waals surface area (Å²) in [6.07, 6.45) is 0. The van der Waals surface area contributed by atoms with Gasteiger partial charge in [0.15, 0.2) is 11.5 Å². The number of aromatic carboxylic acids is 1. The summed E-state index contributed by atoms with van der Waals surface area (Å²) in [7, 11) is 0. The molecule has 0 bridgehead atoms. The van der Waals surface area contributed by atoms with Crippen LogP contribution in [0.25, 0.3) is 10.8 Å². The van der Waals surface area contributed by atoms with Gasteiger partial charge in [-0.1, -0.05) is 6.07 Å². The van der Waals surface area contributed by atoms with Gasteiger partial charge in [0.2, 0.25) is 0 Å². The molecule has 0 heterocycles. The zero-order chi connectivity index (χ0) is 11.9. The van der Waals surface area contributed by atoms with Crippen molar-refractivity contribution in [1.82, 2.24) is 0 Å². The number of aromatic hydroxyl groups is 2. The molecule has 0 aliphatic rings. The number of hydrogen-bond donors (Lipinski definition) is 3. The van der Waals surface area contributed by atoms with Gasteiger partial charge in [-0.25, -0.2) is 4.79 Å². The van der Waals surface area contributed by atoms with Crippen molar-refractivity contribution in [2.45, 2.75) is 6.92 Å². The van der Waals surface area contributed by atoms with Crippen LogP contribution in [0.4, 0.5) is 0 Å². The molecule has 0 aromatic heterocycles. The molecule has 0 aliphatic carbocycles. The lowest BCUT2D eigenvalue weighted by atomic mass is 10.0. The predicted molar refractivity (Wildman–Crippen MR) is 59.0 cm³/mol. The molecule has 2 rings (SSSR count). The van der Waals surface area contributed by atoms with Gasteiger partial charge in [0.05, 0.1) is 5.56 Å². The smallest absolute Gasteiger partial charge is 0.335 e. The Morgan fingerprint density at radius 1 is 1.00 bits per heavy atom. The van der Waals surface area contributed by atoms with E-state index in [-0.39, 0.29) is 17.1 Å². The quantitative estimate of drug-likeness (QED) is 0.641. The van der Waals surface area contributed by atoms with E-state index in [1.54, 1.807) is 13.0 Å². The number of carboxylic acid groups (broad SMARTS) is 1. The molecule has 0 fully saturated rings. The highest BCUT2D eigenvalue weighted by Gasteiger charge is 2.10. The van der Waals surface area contributed by atoms with E-state index in [4.69, 9.17) is 5.11 Å². The fraction of sp³-hybridized carbons (Fsp3) is 0.0833. The minimum absolute atomic E-state index is 0.192. The maximum atomic E-state index is 10.9. The number of fused-ring (bicyclic) bond motifs is 1. The maximum Gasteiger partial charge on any atom is 0.335 e. The van der Waals surface area contributed by atoms with Gasteiger partial charge in [-0.2, -0.15) is 0 Å². The fourth-order valence-corrected chi connectivity index (χ4v) is 1.67. The van der Waals surface area contributed by atoms with Gasteiger partial charge in [0, 0.05) is 0 Å². The maximum absolute atomic E-state index is 10.9. The van der Waals surface area contributed by atoms with Gasteiger partial charge in [0.1, 0.15) is 0 Å². The summed E-state index contributed by atoms with van der Waals surface area (Å²) in [5, 5.41) is 28.9. The summed E-state index contributed by atoms with van der Waals surface area (Å²) in [5.41, 5.74) is 0.808. The molecular formula is C12H10O4. The number of hydrogen-bond acceptors (Lipinski definition) is 3. The third kappa shape index (κ3) is 1.54. The molecule has 0 atom stereocenters. The van der Waals surface area contributed by atoms with E-state index in [0.717, 1.165) is 0 Å². The highest BCUT2D eigenvalue weighted by molar-refractivity contribution is 5.97. The first-order valence-electron chi connectivity index (χ1n) is 4.68. The first kappa shape index (κ1) is 10.3. The Morgan fingerprint density at radius 3 is 2.00 bits per heavy atom. The van der Waals surface area contributed by atoms with Crippen LogP contribution in [-0.2, 0) is 0 Å². The fourth-order valence-electron chi connectivity index (χ4n) is 1.67. The van der Waals surface area contributed by atoms with Gasteiger partial charge in [-0.3, -0.25) is 0 Å². The van der Waals surface area contributed by atoms with E-state index in [1.165, 1.54) is 18.2 Å². The van der Waals surface area contributed by atoms with Crippen LogP contribution in [0, 0.1) is 6.92 Å². The van der Waals surface area contributed by atoms with E-state index >= 15 is 0 Å². The Bertz CT molecular complexity index is 587. The van der Waals surface area contributed by atoms with E-state index in [9.17, 15) is 15.0 Å². The van der Waals surface area contributed by atoms with Crippen molar-refractivity contribution in [1.29, 1.82) is 0 Å². The van der Waals surface area contributed by atoms with Crippen LogP contribution in [0.2, 0.25) is 0 Å². The lowest BCUT2D eigenvalue weighted by molar-refractivity contribution is 0.0696. The van der Waals surface area contributed by atoms with Crippen LogP contribution < -0.4 is 0 Å². The highest BCUT2D eigenvalue weighted by Crippen LogP contribution is 2.31. The largest absolute Gasteiger partial charge is 0.504 e. The number of rotatable bonds is 1. The molecule has 0 unspecified atom stereocenters. The van der Waals surface area contributed by atoms with Crippen molar-refractivity contribution in [3.63, 3.8) is 0 Å². The molecule has 82 valence electrons. The Balaban J connectivity index is 2.79. The first-order chi connectivity index (χ1) is 7.49. The van der Waals surface area contributed by atoms with Crippen LogP contribution in [0.5, 0.6) is 11.5 Å². The second-order valence-electron chi connectivity index (χ2n) is 3.66. The molecule has 0 spiro atoms. The zero-order valence-electron chi connectivity index (χ0n) is 8.56. The van der Waals surface area contributed by atoms with Crippen molar-refractivity contribution in [2.75, 3.05) is 0 Å². The van der Waals surface area contributed by atoms with E-state index in [1.807, 2.05) is 0 Å². The lowest BCUT2D eigenvalue weighted by Gasteiger charge is -2.06. The molecule has 3 N–H and O–H groups in total. The summed E-state index contributed by atoms with van der Waals surface area (Å²) >= 11 is 0. The average Bonchev–Trinajstić information content (AvgIpc) is 2.19. The number of phenolic OH excluding ortho intramolecular Hbond substituents is 2. The molecule has 0 amide bonds. The Kier molecular flexibility index (Phi) is 2.20. The molecule has 2 aromatic carbocycles. The number of carboxylic acids is 1. The standard InChI is InChI=1S/C12H10O4/c1-6-2-7-4-10(13)11(14)5-8(7)3-9(6)12(15)16/h2-5,13-14H,1H3,(H,15,16). The van der Waals surface area contributed by atoms with Gasteiger partial charge in [-0.05, 0) is 41.5 Å². The van der Waals surface area contributed by atoms with Gasteiger partial charge < -0.3 is 15.3 Å². The molecule has 0 saturated carbocycles. The van der Waals surface area contributed by atoms with Gasteiger partial charge >= 0.3 is 5.97 Å². The summed E-state index contributed by atoms with van der Waals surface area (Å²) in [6, 6.07) is 5.89. The molecule has 4 nitrogen and oxygen atoms in total. The Hall–Kier alpha value is -2.23. The highest BCUT2D eigenvalue weighted by atomic mass is 16.4. The van der Waals surface area contributed by atoms with Gasteiger partial charge in [0.25, 0.3) is 0 Å². The lowest BCUT2D eigenvalue weighted by Crippen LogP contribution is -1.99. The third-order valence-corrected chi connectivity index (χ3v) is 2.51.